The fraction of sp³-hybridized carbons (Fsp3) is 0.500. The first-order chi connectivity index (χ1) is 15.7. The van der Waals surface area contributed by atoms with Crippen molar-refractivity contribution in [3.63, 3.8) is 0 Å². The Hall–Kier alpha value is -1.34. The van der Waals surface area contributed by atoms with Gasteiger partial charge in [-0.2, -0.15) is 0 Å². The van der Waals surface area contributed by atoms with Crippen molar-refractivity contribution in [1.29, 1.82) is 0 Å². The third-order valence-electron chi connectivity index (χ3n) is 7.87. The van der Waals surface area contributed by atoms with Gasteiger partial charge in [0.15, 0.2) is 0 Å². The SMILES string of the molecule is CC(C)C1=[C]([Nb]([C]2=C(C(C)C)C=CC2)([C]2=C(C(C)C)C=CC2)[C]2=C(C(C)C)C=CC2)CC=C1. The summed E-state index contributed by atoms with van der Waals surface area (Å²) >= 11 is -3.27. The first-order valence-corrected chi connectivity index (χ1v) is 17.6. The molecule has 0 saturated heterocycles. The van der Waals surface area contributed by atoms with Crippen LogP contribution in [-0.2, 0) is 17.1 Å². The first kappa shape index (κ1) is 24.8. The average Bonchev–Trinajstić information content (AvgIpc) is 3.54. The summed E-state index contributed by atoms with van der Waals surface area (Å²) in [5, 5.41) is 0. The minimum atomic E-state index is -3.27. The van der Waals surface area contributed by atoms with E-state index in [-0.39, 0.29) is 0 Å². The molecule has 4 aliphatic carbocycles. The van der Waals surface area contributed by atoms with Crippen molar-refractivity contribution in [2.24, 2.45) is 23.7 Å². The quantitative estimate of drug-likeness (QED) is 0.279. The van der Waals surface area contributed by atoms with E-state index in [4.69, 9.17) is 0 Å². The van der Waals surface area contributed by atoms with Gasteiger partial charge in [0, 0.05) is 0 Å². The second kappa shape index (κ2) is 9.73. The van der Waals surface area contributed by atoms with Crippen molar-refractivity contribution in [3.8, 4) is 0 Å². The predicted octanol–water partition coefficient (Wildman–Crippen LogP) is 9.62. The molecule has 0 aromatic rings. The van der Waals surface area contributed by atoms with E-state index in [2.05, 4.69) is 104 Å². The molecular weight excluding hydrogens is 477 g/mol. The molecule has 1 heteroatoms. The van der Waals surface area contributed by atoms with Crippen LogP contribution in [0.4, 0.5) is 0 Å². The molecule has 0 aliphatic heterocycles. The fourth-order valence-corrected chi connectivity index (χ4v) is 22.1. The van der Waals surface area contributed by atoms with E-state index in [1.165, 1.54) is 0 Å². The van der Waals surface area contributed by atoms with Crippen LogP contribution in [-0.4, -0.2) is 0 Å². The van der Waals surface area contributed by atoms with Crippen LogP contribution in [0.1, 0.15) is 81.1 Å². The van der Waals surface area contributed by atoms with E-state index in [0.717, 1.165) is 25.7 Å². The Balaban J connectivity index is 2.18. The Morgan fingerprint density at radius 1 is 0.424 bits per heavy atom. The van der Waals surface area contributed by atoms with Crippen LogP contribution in [0.25, 0.3) is 0 Å². The maximum atomic E-state index is 2.50. The van der Waals surface area contributed by atoms with Gasteiger partial charge in [0.25, 0.3) is 0 Å². The van der Waals surface area contributed by atoms with Gasteiger partial charge in [0.1, 0.15) is 0 Å². The Bertz CT molecular complexity index is 880. The van der Waals surface area contributed by atoms with Gasteiger partial charge in [-0.05, 0) is 0 Å². The van der Waals surface area contributed by atoms with Crippen molar-refractivity contribution in [1.82, 2.24) is 0 Å². The van der Waals surface area contributed by atoms with Crippen molar-refractivity contribution in [2.75, 3.05) is 0 Å². The zero-order valence-electron chi connectivity index (χ0n) is 22.2. The third kappa shape index (κ3) is 4.07. The molecule has 0 N–H and O–H groups in total. The summed E-state index contributed by atoms with van der Waals surface area (Å²) in [7, 11) is 0. The van der Waals surface area contributed by atoms with Crippen molar-refractivity contribution < 1.29 is 17.1 Å². The molecule has 4 aliphatic rings. The molecule has 0 bridgehead atoms. The van der Waals surface area contributed by atoms with E-state index >= 15 is 0 Å². The first-order valence-electron chi connectivity index (χ1n) is 13.2. The normalized spacial score (nSPS) is 21.0. The zero-order valence-corrected chi connectivity index (χ0v) is 24.4. The van der Waals surface area contributed by atoms with Crippen LogP contribution >= 0.6 is 0 Å². The molecule has 0 atom stereocenters. The Morgan fingerprint density at radius 3 is 0.818 bits per heavy atom. The van der Waals surface area contributed by atoms with Crippen molar-refractivity contribution >= 4 is 0 Å². The van der Waals surface area contributed by atoms with Gasteiger partial charge in [-0.3, -0.25) is 0 Å². The number of rotatable bonds is 8. The van der Waals surface area contributed by atoms with Crippen LogP contribution in [0.2, 0.25) is 0 Å². The molecule has 0 radical (unpaired) electrons. The number of allylic oxidation sites excluding steroid dienone is 16. The summed E-state index contributed by atoms with van der Waals surface area (Å²) in [6.45, 7) is 19.3. The molecule has 0 unspecified atom stereocenters. The van der Waals surface area contributed by atoms with E-state index in [1.54, 1.807) is 22.3 Å². The number of hydrogen-bond donors (Lipinski definition) is 0. The van der Waals surface area contributed by atoms with Gasteiger partial charge < -0.3 is 0 Å². The summed E-state index contributed by atoms with van der Waals surface area (Å²) in [5.74, 6) is 2.33. The molecule has 0 amide bonds. The molecule has 0 aromatic carbocycles. The fourth-order valence-electron chi connectivity index (χ4n) is 6.45. The van der Waals surface area contributed by atoms with Gasteiger partial charge in [-0.1, -0.05) is 0 Å². The van der Waals surface area contributed by atoms with E-state index in [0.29, 0.717) is 23.7 Å². The molecule has 0 fully saturated rings. The Morgan fingerprint density at radius 2 is 0.636 bits per heavy atom. The maximum absolute atomic E-state index is 3.27. The summed E-state index contributed by atoms with van der Waals surface area (Å²) in [6.07, 6.45) is 24.6. The standard InChI is InChI=1S/4C8H11.Nb/c4*1-7(2)8-5-3-4-6-8;/h4*3,5,7H,4H2,1-2H3;. The van der Waals surface area contributed by atoms with Gasteiger partial charge in [0.05, 0.1) is 0 Å². The summed E-state index contributed by atoms with van der Waals surface area (Å²) in [5.41, 5.74) is 6.64. The monoisotopic (exact) mass is 521 g/mol. The molecule has 33 heavy (non-hydrogen) atoms. The van der Waals surface area contributed by atoms with Gasteiger partial charge in [-0.15, -0.1) is 0 Å². The van der Waals surface area contributed by atoms with Crippen LogP contribution in [0.5, 0.6) is 0 Å². The zero-order chi connectivity index (χ0) is 23.9. The summed E-state index contributed by atoms with van der Waals surface area (Å²) in [6, 6.07) is 0. The molecule has 0 heterocycles. The van der Waals surface area contributed by atoms with Gasteiger partial charge in [0.2, 0.25) is 0 Å². The molecule has 0 nitrogen and oxygen atoms in total. The van der Waals surface area contributed by atoms with Gasteiger partial charge in [-0.25, -0.2) is 0 Å². The van der Waals surface area contributed by atoms with E-state index in [9.17, 15) is 0 Å². The Labute approximate surface area is 207 Å². The van der Waals surface area contributed by atoms with Crippen molar-refractivity contribution in [2.45, 2.75) is 81.1 Å². The van der Waals surface area contributed by atoms with Crippen LogP contribution in [0.15, 0.2) is 86.1 Å². The van der Waals surface area contributed by atoms with E-state index in [1.807, 2.05) is 15.2 Å². The van der Waals surface area contributed by atoms with Crippen LogP contribution in [0, 0.1) is 23.7 Å². The second-order valence-corrected chi connectivity index (χ2v) is 19.9. The third-order valence-corrected chi connectivity index (χ3v) is 20.2. The predicted molar refractivity (Wildman–Crippen MR) is 142 cm³/mol. The second-order valence-electron chi connectivity index (χ2n) is 11.3. The Kier molecular flexibility index (Phi) is 7.30. The minimum absolute atomic E-state index is 0.583. The molecule has 0 saturated carbocycles. The molecule has 177 valence electrons. The molecular formula is C32H44Nb. The molecule has 0 aromatic heterocycles. The van der Waals surface area contributed by atoms with Crippen LogP contribution < -0.4 is 0 Å². The molecule has 4 rings (SSSR count). The summed E-state index contributed by atoms with van der Waals surface area (Å²) in [4.78, 5) is 0. The average molecular weight is 522 g/mol. The van der Waals surface area contributed by atoms with E-state index < -0.39 is 17.1 Å². The van der Waals surface area contributed by atoms with Crippen LogP contribution in [0.3, 0.4) is 0 Å². The van der Waals surface area contributed by atoms with Gasteiger partial charge >= 0.3 is 208 Å². The molecule has 0 spiro atoms. The summed E-state index contributed by atoms with van der Waals surface area (Å²) < 4.78 is 7.48. The van der Waals surface area contributed by atoms with Crippen molar-refractivity contribution in [3.05, 3.63) is 86.1 Å². The number of hydrogen-bond acceptors (Lipinski definition) is 0. The topological polar surface area (TPSA) is 0 Å².